The summed E-state index contributed by atoms with van der Waals surface area (Å²) in [5.74, 6) is 0.925. The molecule has 1 aromatic carbocycles. The van der Waals surface area contributed by atoms with Crippen LogP contribution in [0.3, 0.4) is 0 Å². The Labute approximate surface area is 172 Å². The van der Waals surface area contributed by atoms with Crippen LogP contribution in [0.4, 0.5) is 17.2 Å². The van der Waals surface area contributed by atoms with Crippen molar-refractivity contribution in [2.24, 2.45) is 5.41 Å². The van der Waals surface area contributed by atoms with Crippen LogP contribution in [0.15, 0.2) is 30.5 Å². The maximum atomic E-state index is 10.7. The van der Waals surface area contributed by atoms with Gasteiger partial charge < -0.3 is 20.6 Å². The molecular formula is C22H29ClN4O. The van der Waals surface area contributed by atoms with Crippen LogP contribution >= 0.6 is 11.6 Å². The van der Waals surface area contributed by atoms with Gasteiger partial charge in [0, 0.05) is 35.3 Å². The van der Waals surface area contributed by atoms with Gasteiger partial charge in [0.05, 0.1) is 11.4 Å². The van der Waals surface area contributed by atoms with Crippen molar-refractivity contribution in [2.45, 2.75) is 39.0 Å². The number of pyridine rings is 1. The van der Waals surface area contributed by atoms with Crippen molar-refractivity contribution in [2.75, 3.05) is 36.8 Å². The second kappa shape index (κ2) is 6.82. The first-order chi connectivity index (χ1) is 13.2. The number of piperidine rings is 1. The van der Waals surface area contributed by atoms with Crippen LogP contribution in [-0.4, -0.2) is 41.2 Å². The van der Waals surface area contributed by atoms with Crippen LogP contribution in [0.25, 0.3) is 0 Å². The molecular weight excluding hydrogens is 372 g/mol. The highest BCUT2D eigenvalue weighted by Gasteiger charge is 2.48. The molecule has 6 heteroatoms. The lowest BCUT2D eigenvalue weighted by Crippen LogP contribution is -2.47. The van der Waals surface area contributed by atoms with Gasteiger partial charge in [-0.1, -0.05) is 32.4 Å². The van der Waals surface area contributed by atoms with Crippen molar-refractivity contribution >= 4 is 28.8 Å². The number of aromatic hydroxyl groups is 1. The lowest BCUT2D eigenvalue weighted by Gasteiger charge is -2.42. The molecule has 0 bridgehead atoms. The SMILES string of the molecule is CC(C)(C)CN1CCC2(CC1)CN(c1ncccc1N)c1c(O)ccc(Cl)c12. The number of phenols is 1. The molecule has 2 aliphatic rings. The van der Waals surface area contributed by atoms with Gasteiger partial charge in [-0.3, -0.25) is 0 Å². The van der Waals surface area contributed by atoms with Gasteiger partial charge in [0.1, 0.15) is 5.75 Å². The van der Waals surface area contributed by atoms with E-state index >= 15 is 0 Å². The number of benzene rings is 1. The molecule has 0 aliphatic carbocycles. The van der Waals surface area contributed by atoms with E-state index in [1.54, 1.807) is 12.3 Å². The van der Waals surface area contributed by atoms with Gasteiger partial charge in [0.25, 0.3) is 0 Å². The maximum absolute atomic E-state index is 10.7. The number of nitrogen functional groups attached to an aromatic ring is 1. The maximum Gasteiger partial charge on any atom is 0.156 e. The zero-order chi connectivity index (χ0) is 20.1. The summed E-state index contributed by atoms with van der Waals surface area (Å²) in [6, 6.07) is 7.15. The van der Waals surface area contributed by atoms with Crippen LogP contribution in [-0.2, 0) is 5.41 Å². The van der Waals surface area contributed by atoms with E-state index in [-0.39, 0.29) is 16.6 Å². The second-order valence-corrected chi connectivity index (χ2v) is 9.82. The minimum atomic E-state index is -0.0937. The third-order valence-corrected chi connectivity index (χ3v) is 6.27. The van der Waals surface area contributed by atoms with Crippen molar-refractivity contribution in [1.82, 2.24) is 9.88 Å². The number of aromatic nitrogens is 1. The van der Waals surface area contributed by atoms with Gasteiger partial charge in [0.2, 0.25) is 0 Å². The molecule has 0 unspecified atom stereocenters. The van der Waals surface area contributed by atoms with Crippen molar-refractivity contribution in [3.8, 4) is 5.75 Å². The molecule has 3 heterocycles. The predicted octanol–water partition coefficient (Wildman–Crippen LogP) is 4.55. The fraction of sp³-hybridized carbons (Fsp3) is 0.500. The monoisotopic (exact) mass is 400 g/mol. The summed E-state index contributed by atoms with van der Waals surface area (Å²) in [4.78, 5) is 9.11. The van der Waals surface area contributed by atoms with Gasteiger partial charge in [0.15, 0.2) is 5.82 Å². The number of rotatable bonds is 2. The lowest BCUT2D eigenvalue weighted by atomic mass is 9.74. The number of halogens is 1. The third kappa shape index (κ3) is 3.31. The van der Waals surface area contributed by atoms with E-state index < -0.39 is 0 Å². The van der Waals surface area contributed by atoms with Crippen LogP contribution < -0.4 is 10.6 Å². The quantitative estimate of drug-likeness (QED) is 0.773. The molecule has 4 rings (SSSR count). The Hall–Kier alpha value is -1.98. The summed E-state index contributed by atoms with van der Waals surface area (Å²) in [7, 11) is 0. The molecule has 3 N–H and O–H groups in total. The number of anilines is 3. The van der Waals surface area contributed by atoms with Crippen LogP contribution in [0.5, 0.6) is 5.75 Å². The highest BCUT2D eigenvalue weighted by atomic mass is 35.5. The van der Waals surface area contributed by atoms with E-state index in [1.165, 1.54) is 0 Å². The molecule has 0 atom stereocenters. The summed E-state index contributed by atoms with van der Waals surface area (Å²) >= 11 is 6.70. The predicted molar refractivity (Wildman–Crippen MR) is 116 cm³/mol. The lowest BCUT2D eigenvalue weighted by molar-refractivity contribution is 0.125. The number of likely N-dealkylation sites (tertiary alicyclic amines) is 1. The smallest absolute Gasteiger partial charge is 0.156 e. The Kier molecular flexibility index (Phi) is 4.71. The molecule has 0 saturated carbocycles. The highest BCUT2D eigenvalue weighted by molar-refractivity contribution is 6.32. The summed E-state index contributed by atoms with van der Waals surface area (Å²) in [6.07, 6.45) is 3.74. The Morgan fingerprint density at radius 3 is 2.57 bits per heavy atom. The number of hydrogen-bond donors (Lipinski definition) is 2. The Morgan fingerprint density at radius 2 is 1.93 bits per heavy atom. The average molecular weight is 401 g/mol. The first kappa shape index (κ1) is 19.3. The van der Waals surface area contributed by atoms with Crippen LogP contribution in [0, 0.1) is 5.41 Å². The summed E-state index contributed by atoms with van der Waals surface area (Å²) < 4.78 is 0. The molecule has 2 aromatic rings. The number of hydrogen-bond acceptors (Lipinski definition) is 5. The largest absolute Gasteiger partial charge is 0.506 e. The van der Waals surface area contributed by atoms with Crippen LogP contribution in [0.1, 0.15) is 39.2 Å². The molecule has 1 spiro atoms. The van der Waals surface area contributed by atoms with Crippen molar-refractivity contribution in [3.05, 3.63) is 41.0 Å². The Bertz CT molecular complexity index is 885. The van der Waals surface area contributed by atoms with E-state index in [0.717, 1.165) is 50.3 Å². The standard InChI is InChI=1S/C22H29ClN4O/c1-21(2,3)13-26-11-8-22(9-12-26)14-27(20-16(24)5-4-10-25-20)19-17(28)7-6-15(23)18(19)22/h4-7,10,28H,8-9,11-14,24H2,1-3H3. The minimum absolute atomic E-state index is 0.0937. The molecule has 5 nitrogen and oxygen atoms in total. The summed E-state index contributed by atoms with van der Waals surface area (Å²) in [5, 5.41) is 11.4. The van der Waals surface area contributed by atoms with Crippen molar-refractivity contribution in [3.63, 3.8) is 0 Å². The van der Waals surface area contributed by atoms with Gasteiger partial charge in [-0.2, -0.15) is 0 Å². The first-order valence-corrected chi connectivity index (χ1v) is 10.3. The number of fused-ring (bicyclic) bond motifs is 2. The first-order valence-electron chi connectivity index (χ1n) is 9.93. The molecule has 1 aromatic heterocycles. The van der Waals surface area contributed by atoms with E-state index in [4.69, 9.17) is 17.3 Å². The highest BCUT2D eigenvalue weighted by Crippen LogP contribution is 2.55. The van der Waals surface area contributed by atoms with Gasteiger partial charge in [-0.25, -0.2) is 4.98 Å². The number of phenolic OH excluding ortho intramolecular Hbond substituents is 1. The van der Waals surface area contributed by atoms with E-state index in [0.29, 0.717) is 16.5 Å². The number of nitrogens with two attached hydrogens (primary N) is 1. The van der Waals surface area contributed by atoms with E-state index in [2.05, 4.69) is 35.6 Å². The molecule has 0 amide bonds. The molecule has 0 radical (unpaired) electrons. The average Bonchev–Trinajstić information content (AvgIpc) is 2.96. The third-order valence-electron chi connectivity index (χ3n) is 5.95. The molecule has 150 valence electrons. The Balaban J connectivity index is 1.72. The molecule has 28 heavy (non-hydrogen) atoms. The zero-order valence-corrected chi connectivity index (χ0v) is 17.6. The normalized spacial score (nSPS) is 19.2. The van der Waals surface area contributed by atoms with Crippen molar-refractivity contribution in [1.29, 1.82) is 0 Å². The fourth-order valence-electron chi connectivity index (χ4n) is 4.83. The molecule has 1 fully saturated rings. The van der Waals surface area contributed by atoms with Gasteiger partial charge in [-0.05, 0) is 55.6 Å². The van der Waals surface area contributed by atoms with Gasteiger partial charge >= 0.3 is 0 Å². The Morgan fingerprint density at radius 1 is 1.21 bits per heavy atom. The van der Waals surface area contributed by atoms with Gasteiger partial charge in [-0.15, -0.1) is 0 Å². The minimum Gasteiger partial charge on any atom is -0.506 e. The van der Waals surface area contributed by atoms with Crippen molar-refractivity contribution < 1.29 is 5.11 Å². The van der Waals surface area contributed by atoms with E-state index in [9.17, 15) is 5.11 Å². The molecule has 2 aliphatic heterocycles. The fourth-order valence-corrected chi connectivity index (χ4v) is 5.18. The summed E-state index contributed by atoms with van der Waals surface area (Å²) in [6.45, 7) is 10.7. The molecule has 1 saturated heterocycles. The zero-order valence-electron chi connectivity index (χ0n) is 16.9. The number of nitrogens with zero attached hydrogens (tertiary/aromatic N) is 3. The summed E-state index contributed by atoms with van der Waals surface area (Å²) in [5.41, 5.74) is 8.84. The second-order valence-electron chi connectivity index (χ2n) is 9.41. The van der Waals surface area contributed by atoms with E-state index in [1.807, 2.05) is 18.2 Å². The topological polar surface area (TPSA) is 65.6 Å². The van der Waals surface area contributed by atoms with Crippen LogP contribution in [0.2, 0.25) is 5.02 Å².